The van der Waals surface area contributed by atoms with Gasteiger partial charge in [0.1, 0.15) is 12.1 Å². The molecule has 2 amide bonds. The smallest absolute Gasteiger partial charge is 0.324 e. The first-order chi connectivity index (χ1) is 20.5. The van der Waals surface area contributed by atoms with Crippen molar-refractivity contribution >= 4 is 62.6 Å². The van der Waals surface area contributed by atoms with E-state index in [9.17, 15) is 4.79 Å². The highest BCUT2D eigenvalue weighted by atomic mass is 127. The van der Waals surface area contributed by atoms with E-state index in [2.05, 4.69) is 64.0 Å². The molecule has 0 radical (unpaired) electrons. The maximum Gasteiger partial charge on any atom is 0.324 e. The zero-order chi connectivity index (χ0) is 30.9. The zero-order valence-corrected chi connectivity index (χ0v) is 27.4. The summed E-state index contributed by atoms with van der Waals surface area (Å²) in [6.45, 7) is 8.27. The van der Waals surface area contributed by atoms with E-state index in [0.717, 1.165) is 20.5 Å². The molecule has 0 unspecified atom stereocenters. The Morgan fingerprint density at radius 1 is 0.953 bits per heavy atom. The number of rotatable bonds is 7. The number of amides is 2. The van der Waals surface area contributed by atoms with Gasteiger partial charge in [0.25, 0.3) is 0 Å². The first kappa shape index (κ1) is 30.4. The molecule has 2 heterocycles. The number of hydrogen-bond donors (Lipinski definition) is 2. The SMILES string of the molecule is COc1cc2ncnc(Oc3ccc(Cl)c(NC(=O)Nc4c(I)c(C(C)(C)C)nn4-c4ccc(C)cc4)c3)c2cc1OC. The van der Waals surface area contributed by atoms with Crippen molar-refractivity contribution in [3.8, 4) is 28.8 Å². The van der Waals surface area contributed by atoms with E-state index in [1.807, 2.05) is 31.2 Å². The standard InChI is InChI=1S/C31H30ClIN6O4/c1-17-7-9-18(10-8-17)39-28(26(33)27(38-39)31(2,3)4)37-30(40)36-23-13-19(11-12-21(23)32)43-29-20-14-24(41-5)25(42-6)15-22(20)34-16-35-29/h7-16H,1-6H3,(H2,36,37,40). The van der Waals surface area contributed by atoms with Crippen molar-refractivity contribution in [2.24, 2.45) is 0 Å². The number of aromatic nitrogens is 4. The largest absolute Gasteiger partial charge is 0.493 e. The lowest BCUT2D eigenvalue weighted by Gasteiger charge is -2.15. The van der Waals surface area contributed by atoms with Gasteiger partial charge in [-0.1, -0.05) is 50.1 Å². The van der Waals surface area contributed by atoms with Crippen LogP contribution in [-0.4, -0.2) is 40.0 Å². The Morgan fingerprint density at radius 3 is 2.33 bits per heavy atom. The van der Waals surface area contributed by atoms with Crippen molar-refractivity contribution in [2.75, 3.05) is 24.9 Å². The fourth-order valence-corrected chi connectivity index (χ4v) is 5.78. The Kier molecular flexibility index (Phi) is 8.65. The number of nitrogens with one attached hydrogen (secondary N) is 2. The van der Waals surface area contributed by atoms with E-state index < -0.39 is 6.03 Å². The number of urea groups is 1. The first-order valence-electron chi connectivity index (χ1n) is 13.3. The van der Waals surface area contributed by atoms with Crippen LogP contribution in [0.2, 0.25) is 5.02 Å². The minimum absolute atomic E-state index is 0.241. The highest BCUT2D eigenvalue weighted by Gasteiger charge is 2.27. The molecule has 12 heteroatoms. The predicted octanol–water partition coefficient (Wildman–Crippen LogP) is 8.13. The molecule has 0 aliphatic rings. The van der Waals surface area contributed by atoms with Crippen molar-refractivity contribution in [3.63, 3.8) is 0 Å². The van der Waals surface area contributed by atoms with Gasteiger partial charge in [0, 0.05) is 17.5 Å². The van der Waals surface area contributed by atoms with Crippen molar-refractivity contribution in [2.45, 2.75) is 33.1 Å². The predicted molar refractivity (Wildman–Crippen MR) is 177 cm³/mol. The van der Waals surface area contributed by atoms with Crippen molar-refractivity contribution in [1.82, 2.24) is 19.7 Å². The van der Waals surface area contributed by atoms with Crippen LogP contribution in [0.1, 0.15) is 32.0 Å². The molecule has 0 saturated heterocycles. The molecule has 0 spiro atoms. The van der Waals surface area contributed by atoms with E-state index in [0.29, 0.717) is 50.6 Å². The normalized spacial score (nSPS) is 11.3. The molecule has 0 saturated carbocycles. The molecule has 0 aliphatic carbocycles. The molecule has 0 bridgehead atoms. The lowest BCUT2D eigenvalue weighted by atomic mass is 9.92. The van der Waals surface area contributed by atoms with Crippen LogP contribution < -0.4 is 24.8 Å². The topological polar surface area (TPSA) is 112 Å². The van der Waals surface area contributed by atoms with E-state index >= 15 is 0 Å². The van der Waals surface area contributed by atoms with Crippen LogP contribution >= 0.6 is 34.2 Å². The van der Waals surface area contributed by atoms with Gasteiger partial charge < -0.3 is 19.5 Å². The second kappa shape index (κ2) is 12.3. The Hall–Kier alpha value is -4.10. The van der Waals surface area contributed by atoms with Crippen LogP contribution in [0.15, 0.2) is 60.9 Å². The number of nitrogens with zero attached hydrogens (tertiary/aromatic N) is 4. The van der Waals surface area contributed by atoms with Crippen LogP contribution in [0.25, 0.3) is 16.6 Å². The van der Waals surface area contributed by atoms with E-state index in [1.54, 1.807) is 49.2 Å². The molecule has 43 heavy (non-hydrogen) atoms. The van der Waals surface area contributed by atoms with Gasteiger partial charge in [0.15, 0.2) is 17.3 Å². The third kappa shape index (κ3) is 6.47. The number of fused-ring (bicyclic) bond motifs is 1. The lowest BCUT2D eigenvalue weighted by molar-refractivity contribution is 0.262. The summed E-state index contributed by atoms with van der Waals surface area (Å²) in [5.74, 6) is 2.31. The molecule has 10 nitrogen and oxygen atoms in total. The number of halogens is 2. The second-order valence-corrected chi connectivity index (χ2v) is 12.2. The fraction of sp³-hybridized carbons (Fsp3) is 0.226. The molecule has 0 aliphatic heterocycles. The van der Waals surface area contributed by atoms with Gasteiger partial charge in [-0.25, -0.2) is 19.4 Å². The Balaban J connectivity index is 1.42. The van der Waals surface area contributed by atoms with Crippen molar-refractivity contribution < 1.29 is 19.0 Å². The molecule has 2 aromatic heterocycles. The number of hydrogen-bond acceptors (Lipinski definition) is 7. The third-order valence-corrected chi connectivity index (χ3v) is 7.90. The lowest BCUT2D eigenvalue weighted by Crippen LogP contribution is -2.22. The number of aryl methyl sites for hydroxylation is 1. The van der Waals surface area contributed by atoms with Gasteiger partial charge in [-0.2, -0.15) is 5.10 Å². The van der Waals surface area contributed by atoms with Crippen LogP contribution in [0.5, 0.6) is 23.1 Å². The monoisotopic (exact) mass is 712 g/mol. The average Bonchev–Trinajstić information content (AvgIpc) is 3.30. The Morgan fingerprint density at radius 2 is 1.65 bits per heavy atom. The van der Waals surface area contributed by atoms with Crippen molar-refractivity contribution in [1.29, 1.82) is 0 Å². The van der Waals surface area contributed by atoms with Gasteiger partial charge in [-0.15, -0.1) is 0 Å². The van der Waals surface area contributed by atoms with Crippen LogP contribution in [-0.2, 0) is 5.41 Å². The minimum atomic E-state index is -0.491. The highest BCUT2D eigenvalue weighted by molar-refractivity contribution is 14.1. The maximum atomic E-state index is 13.3. The van der Waals surface area contributed by atoms with E-state index in [1.165, 1.54) is 6.33 Å². The average molecular weight is 713 g/mol. The second-order valence-electron chi connectivity index (χ2n) is 10.7. The van der Waals surface area contributed by atoms with E-state index in [4.69, 9.17) is 30.9 Å². The van der Waals surface area contributed by atoms with Gasteiger partial charge in [0.2, 0.25) is 5.88 Å². The molecule has 5 aromatic rings. The molecule has 2 N–H and O–H groups in total. The summed E-state index contributed by atoms with van der Waals surface area (Å²) >= 11 is 8.70. The Labute approximate surface area is 267 Å². The maximum absolute atomic E-state index is 13.3. The molecule has 0 fully saturated rings. The summed E-state index contributed by atoms with van der Waals surface area (Å²) in [5, 5.41) is 11.6. The Bertz CT molecular complexity index is 1820. The summed E-state index contributed by atoms with van der Waals surface area (Å²) in [5.41, 5.74) is 3.54. The third-order valence-electron chi connectivity index (χ3n) is 6.55. The minimum Gasteiger partial charge on any atom is -0.493 e. The number of carbonyl (C=O) groups is 1. The van der Waals surface area contributed by atoms with Gasteiger partial charge >= 0.3 is 6.03 Å². The molecular weight excluding hydrogens is 683 g/mol. The number of ether oxygens (including phenoxy) is 3. The van der Waals surface area contributed by atoms with E-state index in [-0.39, 0.29) is 5.41 Å². The molecule has 5 rings (SSSR count). The summed E-state index contributed by atoms with van der Waals surface area (Å²) < 4.78 is 19.5. The van der Waals surface area contributed by atoms with Crippen LogP contribution in [0, 0.1) is 10.5 Å². The first-order valence-corrected chi connectivity index (χ1v) is 14.7. The number of benzene rings is 3. The molecule has 222 valence electrons. The molecule has 0 atom stereocenters. The van der Waals surface area contributed by atoms with Crippen molar-refractivity contribution in [3.05, 3.63) is 80.8 Å². The quantitative estimate of drug-likeness (QED) is 0.164. The fourth-order valence-electron chi connectivity index (χ4n) is 4.34. The van der Waals surface area contributed by atoms with Crippen LogP contribution in [0.3, 0.4) is 0 Å². The zero-order valence-electron chi connectivity index (χ0n) is 24.5. The van der Waals surface area contributed by atoms with Gasteiger partial charge in [-0.05, 0) is 59.8 Å². The number of carbonyl (C=O) groups excluding carboxylic acids is 1. The number of anilines is 2. The summed E-state index contributed by atoms with van der Waals surface area (Å²) in [7, 11) is 3.11. The van der Waals surface area contributed by atoms with Crippen LogP contribution in [0.4, 0.5) is 16.3 Å². The molecular formula is C31H30ClIN6O4. The highest BCUT2D eigenvalue weighted by Crippen LogP contribution is 2.37. The van der Waals surface area contributed by atoms with Gasteiger partial charge in [-0.3, -0.25) is 5.32 Å². The summed E-state index contributed by atoms with van der Waals surface area (Å²) in [4.78, 5) is 22.0. The van der Waals surface area contributed by atoms with Gasteiger partial charge in [0.05, 0.1) is 50.8 Å². The summed E-state index contributed by atoms with van der Waals surface area (Å²) in [6.07, 6.45) is 1.40. The number of methoxy groups -OCH3 is 2. The molecule has 3 aromatic carbocycles. The summed E-state index contributed by atoms with van der Waals surface area (Å²) in [6, 6.07) is 15.9.